The lowest BCUT2D eigenvalue weighted by atomic mass is 10.2. The standard InChI is InChI=1S/C22H17N3O5/c26-21(20-14-28-18-5-1-2-6-19(18)30-20)25-24-12-15-7-9-17(10-8-15)29-22(27)16-4-3-11-23-13-16/h1-13,20H,14H2,(H,25,26)/b24-12+. The first-order chi connectivity index (χ1) is 14.7. The van der Waals surface area contributed by atoms with Crippen LogP contribution in [-0.2, 0) is 4.79 Å². The molecular weight excluding hydrogens is 386 g/mol. The smallest absolute Gasteiger partial charge is 0.345 e. The van der Waals surface area contributed by atoms with Gasteiger partial charge in [0, 0.05) is 12.4 Å². The predicted octanol–water partition coefficient (Wildman–Crippen LogP) is 2.59. The molecule has 150 valence electrons. The first-order valence-electron chi connectivity index (χ1n) is 9.13. The van der Waals surface area contributed by atoms with Crippen molar-refractivity contribution in [3.8, 4) is 17.2 Å². The molecule has 0 saturated heterocycles. The highest BCUT2D eigenvalue weighted by Gasteiger charge is 2.26. The first kappa shape index (κ1) is 19.1. The number of hydrogen-bond donors (Lipinski definition) is 1. The minimum atomic E-state index is -0.786. The van der Waals surface area contributed by atoms with Crippen molar-refractivity contribution in [1.82, 2.24) is 10.4 Å². The van der Waals surface area contributed by atoms with Gasteiger partial charge in [0.25, 0.3) is 5.91 Å². The molecule has 0 fully saturated rings. The van der Waals surface area contributed by atoms with Crippen LogP contribution in [0.3, 0.4) is 0 Å². The third-order valence-corrected chi connectivity index (χ3v) is 4.18. The number of para-hydroxylation sites is 2. The Balaban J connectivity index is 1.29. The average Bonchev–Trinajstić information content (AvgIpc) is 2.80. The van der Waals surface area contributed by atoms with E-state index < -0.39 is 18.0 Å². The lowest BCUT2D eigenvalue weighted by Gasteiger charge is -2.24. The van der Waals surface area contributed by atoms with Crippen molar-refractivity contribution in [2.45, 2.75) is 6.10 Å². The monoisotopic (exact) mass is 403 g/mol. The largest absolute Gasteiger partial charge is 0.485 e. The van der Waals surface area contributed by atoms with Gasteiger partial charge in [-0.2, -0.15) is 5.10 Å². The second-order valence-electron chi connectivity index (χ2n) is 6.30. The summed E-state index contributed by atoms with van der Waals surface area (Å²) in [6.45, 7) is 0.107. The zero-order chi connectivity index (χ0) is 20.8. The molecule has 0 spiro atoms. The van der Waals surface area contributed by atoms with Crippen LogP contribution in [0.15, 0.2) is 78.2 Å². The molecule has 1 amide bonds. The number of benzene rings is 2. The van der Waals surface area contributed by atoms with Crippen molar-refractivity contribution < 1.29 is 23.8 Å². The zero-order valence-corrected chi connectivity index (χ0v) is 15.7. The van der Waals surface area contributed by atoms with Crippen LogP contribution in [0, 0.1) is 0 Å². The van der Waals surface area contributed by atoms with Crippen molar-refractivity contribution in [3.63, 3.8) is 0 Å². The molecule has 0 radical (unpaired) electrons. The number of ether oxygens (including phenoxy) is 3. The van der Waals surface area contributed by atoms with Crippen molar-refractivity contribution in [3.05, 3.63) is 84.2 Å². The molecule has 0 bridgehead atoms. The van der Waals surface area contributed by atoms with Crippen LogP contribution in [0.5, 0.6) is 17.2 Å². The zero-order valence-electron chi connectivity index (χ0n) is 15.7. The van der Waals surface area contributed by atoms with E-state index in [9.17, 15) is 9.59 Å². The highest BCUT2D eigenvalue weighted by atomic mass is 16.6. The maximum Gasteiger partial charge on any atom is 0.345 e. The van der Waals surface area contributed by atoms with Crippen LogP contribution in [0.2, 0.25) is 0 Å². The Hall–Kier alpha value is -4.20. The van der Waals surface area contributed by atoms with Crippen LogP contribution in [0.4, 0.5) is 0 Å². The van der Waals surface area contributed by atoms with E-state index in [-0.39, 0.29) is 6.61 Å². The average molecular weight is 403 g/mol. The topological polar surface area (TPSA) is 99.1 Å². The number of nitrogens with one attached hydrogen (secondary N) is 1. The van der Waals surface area contributed by atoms with Gasteiger partial charge in [-0.15, -0.1) is 0 Å². The number of pyridine rings is 1. The van der Waals surface area contributed by atoms with Gasteiger partial charge in [-0.05, 0) is 54.1 Å². The van der Waals surface area contributed by atoms with E-state index in [2.05, 4.69) is 15.5 Å². The number of nitrogens with zero attached hydrogens (tertiary/aromatic N) is 2. The highest BCUT2D eigenvalue weighted by Crippen LogP contribution is 2.30. The van der Waals surface area contributed by atoms with Crippen LogP contribution in [0.1, 0.15) is 15.9 Å². The van der Waals surface area contributed by atoms with E-state index in [1.807, 2.05) is 6.07 Å². The predicted molar refractivity (Wildman–Crippen MR) is 108 cm³/mol. The molecule has 4 rings (SSSR count). The van der Waals surface area contributed by atoms with Crippen LogP contribution in [0.25, 0.3) is 0 Å². The molecule has 0 aliphatic carbocycles. The van der Waals surface area contributed by atoms with Gasteiger partial charge in [0.2, 0.25) is 6.10 Å². The van der Waals surface area contributed by atoms with Gasteiger partial charge in [0.1, 0.15) is 12.4 Å². The van der Waals surface area contributed by atoms with Gasteiger partial charge in [-0.25, -0.2) is 10.2 Å². The number of hydrogen-bond acceptors (Lipinski definition) is 7. The molecule has 2 heterocycles. The maximum atomic E-state index is 12.2. The summed E-state index contributed by atoms with van der Waals surface area (Å²) in [5, 5.41) is 3.93. The van der Waals surface area contributed by atoms with Gasteiger partial charge < -0.3 is 14.2 Å². The molecule has 2 aromatic carbocycles. The molecule has 1 N–H and O–H groups in total. The lowest BCUT2D eigenvalue weighted by Crippen LogP contribution is -2.42. The molecule has 1 aromatic heterocycles. The van der Waals surface area contributed by atoms with E-state index >= 15 is 0 Å². The number of amides is 1. The summed E-state index contributed by atoms with van der Waals surface area (Å²) in [7, 11) is 0. The van der Waals surface area contributed by atoms with Crippen molar-refractivity contribution in [2.75, 3.05) is 6.61 Å². The first-order valence-corrected chi connectivity index (χ1v) is 9.13. The minimum Gasteiger partial charge on any atom is -0.485 e. The number of fused-ring (bicyclic) bond motifs is 1. The number of rotatable bonds is 5. The number of hydrazone groups is 1. The summed E-state index contributed by atoms with van der Waals surface area (Å²) in [5.74, 6) is 0.603. The Morgan fingerprint density at radius 3 is 2.63 bits per heavy atom. The van der Waals surface area contributed by atoms with Gasteiger partial charge in [0.15, 0.2) is 11.5 Å². The Kier molecular flexibility index (Phi) is 5.66. The Morgan fingerprint density at radius 2 is 1.87 bits per heavy atom. The summed E-state index contributed by atoms with van der Waals surface area (Å²) in [6.07, 6.45) is 3.70. The molecule has 3 aromatic rings. The minimum absolute atomic E-state index is 0.107. The van der Waals surface area contributed by atoms with Gasteiger partial charge in [-0.1, -0.05) is 12.1 Å². The number of aromatic nitrogens is 1. The van der Waals surface area contributed by atoms with Crippen molar-refractivity contribution in [1.29, 1.82) is 0 Å². The fourth-order valence-electron chi connectivity index (χ4n) is 2.66. The fraction of sp³-hybridized carbons (Fsp3) is 0.0909. The van der Waals surface area contributed by atoms with E-state index in [0.29, 0.717) is 28.4 Å². The summed E-state index contributed by atoms with van der Waals surface area (Å²) in [5.41, 5.74) is 3.51. The third kappa shape index (κ3) is 4.61. The van der Waals surface area contributed by atoms with E-state index in [1.165, 1.54) is 12.4 Å². The molecule has 1 aliphatic heterocycles. The molecule has 30 heavy (non-hydrogen) atoms. The normalized spacial score (nSPS) is 14.9. The molecular formula is C22H17N3O5. The molecule has 8 nitrogen and oxygen atoms in total. The second-order valence-corrected chi connectivity index (χ2v) is 6.30. The van der Waals surface area contributed by atoms with Crippen molar-refractivity contribution in [2.24, 2.45) is 5.10 Å². The summed E-state index contributed by atoms with van der Waals surface area (Å²) < 4.78 is 16.4. The molecule has 0 saturated carbocycles. The Bertz CT molecular complexity index is 1070. The Labute approximate surface area is 172 Å². The number of carbonyl (C=O) groups is 2. The van der Waals surface area contributed by atoms with Gasteiger partial charge in [-0.3, -0.25) is 9.78 Å². The van der Waals surface area contributed by atoms with Crippen LogP contribution >= 0.6 is 0 Å². The summed E-state index contributed by atoms with van der Waals surface area (Å²) in [6, 6.07) is 17.1. The molecule has 1 unspecified atom stereocenters. The second kappa shape index (κ2) is 8.87. The van der Waals surface area contributed by atoms with Gasteiger partial charge >= 0.3 is 5.97 Å². The third-order valence-electron chi connectivity index (χ3n) is 4.18. The van der Waals surface area contributed by atoms with Gasteiger partial charge in [0.05, 0.1) is 11.8 Å². The molecule has 8 heteroatoms. The maximum absolute atomic E-state index is 12.2. The Morgan fingerprint density at radius 1 is 1.07 bits per heavy atom. The van der Waals surface area contributed by atoms with Crippen LogP contribution < -0.4 is 19.6 Å². The highest BCUT2D eigenvalue weighted by molar-refractivity contribution is 5.90. The molecule has 1 atom stereocenters. The fourth-order valence-corrected chi connectivity index (χ4v) is 2.66. The van der Waals surface area contributed by atoms with Crippen LogP contribution in [-0.4, -0.2) is 35.8 Å². The molecule has 1 aliphatic rings. The van der Waals surface area contributed by atoms with E-state index in [1.54, 1.807) is 60.8 Å². The van der Waals surface area contributed by atoms with E-state index in [4.69, 9.17) is 14.2 Å². The number of carbonyl (C=O) groups excluding carboxylic acids is 2. The van der Waals surface area contributed by atoms with E-state index in [0.717, 1.165) is 0 Å². The quantitative estimate of drug-likeness (QED) is 0.304. The SMILES string of the molecule is O=C(Oc1ccc(/C=N/NC(=O)C2COc3ccccc3O2)cc1)c1cccnc1. The van der Waals surface area contributed by atoms with Crippen molar-refractivity contribution >= 4 is 18.1 Å². The summed E-state index contributed by atoms with van der Waals surface area (Å²) >= 11 is 0. The number of esters is 1. The summed E-state index contributed by atoms with van der Waals surface area (Å²) in [4.78, 5) is 28.1. The lowest BCUT2D eigenvalue weighted by molar-refractivity contribution is -0.130.